The summed E-state index contributed by atoms with van der Waals surface area (Å²) >= 11 is 0. The number of carbonyl (C=O) groups is 3. The van der Waals surface area contributed by atoms with Crippen molar-refractivity contribution in [3.8, 4) is 0 Å². The summed E-state index contributed by atoms with van der Waals surface area (Å²) in [6.45, 7) is 4.94. The van der Waals surface area contributed by atoms with Gasteiger partial charge in [0.05, 0.1) is 34.4 Å². The van der Waals surface area contributed by atoms with E-state index in [0.29, 0.717) is 17.4 Å². The van der Waals surface area contributed by atoms with E-state index in [-0.39, 0.29) is 38.2 Å². The van der Waals surface area contributed by atoms with E-state index in [1.807, 2.05) is 21.1 Å². The minimum atomic E-state index is -1.51. The summed E-state index contributed by atoms with van der Waals surface area (Å²) < 4.78 is 23.0. The molecule has 9 heteroatoms. The topological polar surface area (TPSA) is 108 Å². The van der Waals surface area contributed by atoms with E-state index < -0.39 is 18.4 Å². The molecule has 0 aliphatic heterocycles. The molecule has 77 heavy (non-hydrogen) atoms. The molecule has 0 aromatic rings. The third-order valence-electron chi connectivity index (χ3n) is 15.2. The molecule has 0 fully saturated rings. The van der Waals surface area contributed by atoms with Crippen molar-refractivity contribution in [2.24, 2.45) is 0 Å². The van der Waals surface area contributed by atoms with Crippen LogP contribution >= 0.6 is 0 Å². The number of allylic oxidation sites excluding steroid dienone is 4. The van der Waals surface area contributed by atoms with E-state index in [9.17, 15) is 19.5 Å². The van der Waals surface area contributed by atoms with Crippen LogP contribution in [-0.4, -0.2) is 87.4 Å². The fourth-order valence-electron chi connectivity index (χ4n) is 10.0. The zero-order chi connectivity index (χ0) is 56.2. The van der Waals surface area contributed by atoms with Crippen molar-refractivity contribution >= 4 is 17.9 Å². The number of aliphatic carboxylic acids is 1. The van der Waals surface area contributed by atoms with Gasteiger partial charge in [0.2, 0.25) is 0 Å². The summed E-state index contributed by atoms with van der Waals surface area (Å²) in [5, 5.41) is 9.73. The van der Waals surface area contributed by atoms with Crippen LogP contribution in [0.15, 0.2) is 24.3 Å². The summed E-state index contributed by atoms with van der Waals surface area (Å²) in [5.41, 5.74) is 0. The molecule has 0 rings (SSSR count). The lowest BCUT2D eigenvalue weighted by molar-refractivity contribution is -0.870. The Morgan fingerprint density at radius 2 is 0.701 bits per heavy atom. The monoisotopic (exact) mass is 1090 g/mol. The Morgan fingerprint density at radius 1 is 0.390 bits per heavy atom. The lowest BCUT2D eigenvalue weighted by atomic mass is 10.0. The maximum atomic E-state index is 12.9. The third-order valence-corrected chi connectivity index (χ3v) is 15.2. The first-order valence-corrected chi connectivity index (χ1v) is 33.5. The Morgan fingerprint density at radius 3 is 1.03 bits per heavy atom. The number of carbonyl (C=O) groups excluding carboxylic acids is 2. The average molecular weight is 1090 g/mol. The molecule has 0 aromatic heterocycles. The minimum absolute atomic E-state index is 0.175. The maximum absolute atomic E-state index is 12.9. The number of hydrogen-bond donors (Lipinski definition) is 1. The zero-order valence-corrected chi connectivity index (χ0v) is 51.9. The molecule has 2 atom stereocenters. The van der Waals surface area contributed by atoms with Gasteiger partial charge in [0.1, 0.15) is 13.2 Å². The largest absolute Gasteiger partial charge is 0.477 e. The van der Waals surface area contributed by atoms with E-state index in [2.05, 4.69) is 38.2 Å². The molecule has 0 aromatic carbocycles. The number of unbranched alkanes of at least 4 members (excludes halogenated alkanes) is 44. The van der Waals surface area contributed by atoms with Crippen LogP contribution in [0.3, 0.4) is 0 Å². The van der Waals surface area contributed by atoms with Crippen molar-refractivity contribution < 1.29 is 42.9 Å². The Hall–Kier alpha value is -2.23. The first-order chi connectivity index (χ1) is 37.6. The van der Waals surface area contributed by atoms with Gasteiger partial charge in [0.25, 0.3) is 6.29 Å². The number of nitrogens with zero attached hydrogens (tertiary/aromatic N) is 1. The molecule has 9 nitrogen and oxygen atoms in total. The van der Waals surface area contributed by atoms with E-state index in [4.69, 9.17) is 18.9 Å². The van der Waals surface area contributed by atoms with Gasteiger partial charge in [-0.2, -0.15) is 0 Å². The highest BCUT2D eigenvalue weighted by molar-refractivity contribution is 5.71. The summed E-state index contributed by atoms with van der Waals surface area (Å²) in [5.74, 6) is -1.97. The number of carboxylic acid groups (broad SMARTS) is 1. The fourth-order valence-corrected chi connectivity index (χ4v) is 10.0. The molecule has 0 radical (unpaired) electrons. The first kappa shape index (κ1) is 74.8. The van der Waals surface area contributed by atoms with Crippen LogP contribution in [0.4, 0.5) is 0 Å². The zero-order valence-electron chi connectivity index (χ0n) is 51.9. The Labute approximate surface area is 478 Å². The molecule has 0 aliphatic carbocycles. The highest BCUT2D eigenvalue weighted by atomic mass is 16.7. The van der Waals surface area contributed by atoms with Gasteiger partial charge in [-0.25, -0.2) is 4.79 Å². The predicted molar refractivity (Wildman–Crippen MR) is 328 cm³/mol. The molecule has 0 saturated carbocycles. The van der Waals surface area contributed by atoms with Crippen LogP contribution in [-0.2, 0) is 33.3 Å². The molecular weight excluding hydrogens is 959 g/mol. The summed E-state index contributed by atoms with van der Waals surface area (Å²) in [7, 11) is 5.99. The van der Waals surface area contributed by atoms with Gasteiger partial charge in [-0.3, -0.25) is 9.59 Å². The molecule has 0 bridgehead atoms. The van der Waals surface area contributed by atoms with Gasteiger partial charge in [-0.05, 0) is 44.9 Å². The van der Waals surface area contributed by atoms with E-state index in [0.717, 1.165) is 44.9 Å². The van der Waals surface area contributed by atoms with Crippen molar-refractivity contribution in [3.63, 3.8) is 0 Å². The smallest absolute Gasteiger partial charge is 0.361 e. The van der Waals surface area contributed by atoms with Crippen molar-refractivity contribution in [2.45, 2.75) is 347 Å². The second-order valence-electron chi connectivity index (χ2n) is 24.1. The van der Waals surface area contributed by atoms with E-state index >= 15 is 0 Å². The number of hydrogen-bond acceptors (Lipinski definition) is 7. The number of esters is 2. The second-order valence-corrected chi connectivity index (χ2v) is 24.1. The van der Waals surface area contributed by atoms with Crippen molar-refractivity contribution in [3.05, 3.63) is 24.3 Å². The molecule has 1 N–H and O–H groups in total. The van der Waals surface area contributed by atoms with Gasteiger partial charge in [-0.15, -0.1) is 0 Å². The third kappa shape index (κ3) is 61.2. The standard InChI is InChI=1S/C68H129NO8/c1-6-8-10-12-14-16-18-20-22-24-26-28-29-30-31-32-33-34-35-36-37-39-41-43-45-47-49-51-53-55-57-59-66(71)77-64(63-76-68(67(72)73)74-61-60-69(3,4)5)62-75-65(70)58-56-54-52-50-48-46-44-42-40-38-27-25-23-21-19-17-15-13-11-9-7-2/h18,20,24,26,64,68H,6-17,19,21-23,25,27-63H2,1-5H3/p+1/b20-18-,26-24-. The van der Waals surface area contributed by atoms with Crippen LogP contribution in [0.2, 0.25) is 0 Å². The number of rotatable bonds is 63. The molecule has 0 aliphatic rings. The molecule has 2 unspecified atom stereocenters. The predicted octanol–water partition coefficient (Wildman–Crippen LogP) is 20.2. The maximum Gasteiger partial charge on any atom is 0.361 e. The summed E-state index contributed by atoms with van der Waals surface area (Å²) in [4.78, 5) is 37.5. The lowest BCUT2D eigenvalue weighted by Gasteiger charge is -2.25. The normalized spacial score (nSPS) is 12.8. The Balaban J connectivity index is 4.08. The average Bonchev–Trinajstić information content (AvgIpc) is 3.40. The van der Waals surface area contributed by atoms with Crippen LogP contribution in [0.5, 0.6) is 0 Å². The van der Waals surface area contributed by atoms with E-state index in [1.54, 1.807) is 0 Å². The van der Waals surface area contributed by atoms with Gasteiger partial charge in [0, 0.05) is 12.8 Å². The van der Waals surface area contributed by atoms with Gasteiger partial charge >= 0.3 is 17.9 Å². The van der Waals surface area contributed by atoms with Gasteiger partial charge in [-0.1, -0.05) is 301 Å². The number of likely N-dealkylation sites (N-methyl/N-ethyl adjacent to an activating group) is 1. The van der Waals surface area contributed by atoms with Crippen molar-refractivity contribution in [2.75, 3.05) is 47.5 Å². The highest BCUT2D eigenvalue weighted by Gasteiger charge is 2.25. The second kappa shape index (κ2) is 59.9. The molecular formula is C68H130NO8+. The molecule has 0 amide bonds. The van der Waals surface area contributed by atoms with Crippen LogP contribution in [0.1, 0.15) is 335 Å². The summed E-state index contributed by atoms with van der Waals surface area (Å²) in [6.07, 6.45) is 70.0. The van der Waals surface area contributed by atoms with E-state index in [1.165, 1.54) is 263 Å². The Bertz CT molecular complexity index is 1310. The minimum Gasteiger partial charge on any atom is -0.477 e. The van der Waals surface area contributed by atoms with Crippen LogP contribution in [0.25, 0.3) is 0 Å². The van der Waals surface area contributed by atoms with Crippen molar-refractivity contribution in [1.29, 1.82) is 0 Å². The quantitative estimate of drug-likeness (QED) is 0.0211. The number of carboxylic acids is 1. The van der Waals surface area contributed by atoms with Gasteiger partial charge < -0.3 is 28.5 Å². The molecule has 0 saturated heterocycles. The molecule has 0 heterocycles. The first-order valence-electron chi connectivity index (χ1n) is 33.5. The lowest BCUT2D eigenvalue weighted by Crippen LogP contribution is -2.40. The van der Waals surface area contributed by atoms with Gasteiger partial charge in [0.15, 0.2) is 6.10 Å². The van der Waals surface area contributed by atoms with Crippen molar-refractivity contribution in [1.82, 2.24) is 0 Å². The number of quaternary nitrogens is 1. The fraction of sp³-hybridized carbons (Fsp3) is 0.897. The molecule has 0 spiro atoms. The van der Waals surface area contributed by atoms with Crippen LogP contribution < -0.4 is 0 Å². The Kier molecular flexibility index (Phi) is 58.1. The highest BCUT2D eigenvalue weighted by Crippen LogP contribution is 2.18. The number of ether oxygens (including phenoxy) is 4. The SMILES string of the molecule is CCCCCCC/C=C\C/C=C\CCCCCCCCCCCCCCCCCCCCCC(=O)OC(COC(=O)CCCCCCCCCCCCCCCCCCCCCCC)COC(OCC[N+](C)(C)C)C(=O)O. The summed E-state index contributed by atoms with van der Waals surface area (Å²) in [6, 6.07) is 0. The molecule has 454 valence electrons. The van der Waals surface area contributed by atoms with Crippen LogP contribution in [0, 0.1) is 0 Å².